The molecule has 2 N–H and O–H groups in total. The van der Waals surface area contributed by atoms with E-state index in [9.17, 15) is 5.26 Å². The normalized spacial score (nSPS) is 14.9. The van der Waals surface area contributed by atoms with Gasteiger partial charge >= 0.3 is 6.01 Å². The number of nitrogens with zero attached hydrogens (tertiary/aromatic N) is 7. The third-order valence-electron chi connectivity index (χ3n) is 4.72. The molecule has 146 valence electrons. The molecule has 0 aromatic carbocycles. The van der Waals surface area contributed by atoms with E-state index in [4.69, 9.17) is 9.15 Å². The maximum atomic E-state index is 9.25. The first kappa shape index (κ1) is 17.4. The van der Waals surface area contributed by atoms with Crippen LogP contribution in [0.1, 0.15) is 11.5 Å². The first-order chi connectivity index (χ1) is 14.3. The van der Waals surface area contributed by atoms with E-state index >= 15 is 0 Å². The summed E-state index contributed by atoms with van der Waals surface area (Å²) in [5.74, 6) is 1.27. The number of rotatable bonds is 5. The highest BCUT2D eigenvalue weighted by molar-refractivity contribution is 5.73. The van der Waals surface area contributed by atoms with Gasteiger partial charge in [0.25, 0.3) is 0 Å². The molecule has 5 heterocycles. The molecular formula is C18H17N9O2. The number of anilines is 2. The number of imidazole rings is 1. The Morgan fingerprint density at radius 3 is 2.93 bits per heavy atom. The van der Waals surface area contributed by atoms with E-state index in [-0.39, 0.29) is 0 Å². The lowest BCUT2D eigenvalue weighted by molar-refractivity contribution is 0.0314. The van der Waals surface area contributed by atoms with Crippen molar-refractivity contribution in [1.82, 2.24) is 34.4 Å². The molecule has 0 aliphatic carbocycles. The zero-order valence-corrected chi connectivity index (χ0v) is 15.4. The fraction of sp³-hybridized carbons (Fsp3) is 0.278. The summed E-state index contributed by atoms with van der Waals surface area (Å²) < 4.78 is 13.0. The number of aromatic amines is 1. The summed E-state index contributed by atoms with van der Waals surface area (Å²) in [4.78, 5) is 15.4. The van der Waals surface area contributed by atoms with E-state index in [0.29, 0.717) is 41.0 Å². The van der Waals surface area contributed by atoms with Crippen molar-refractivity contribution in [3.63, 3.8) is 0 Å². The second kappa shape index (κ2) is 7.34. The number of hydrogen-bond acceptors (Lipinski definition) is 9. The lowest BCUT2D eigenvalue weighted by Crippen LogP contribution is -2.35. The smallest absolute Gasteiger partial charge is 0.300 e. The molecule has 0 amide bonds. The summed E-state index contributed by atoms with van der Waals surface area (Å²) in [7, 11) is 0. The van der Waals surface area contributed by atoms with Crippen LogP contribution >= 0.6 is 0 Å². The number of H-pyrrole nitrogens is 1. The molecule has 0 saturated carbocycles. The number of morpholine rings is 1. The molecule has 5 rings (SSSR count). The lowest BCUT2D eigenvalue weighted by atomic mass is 10.2. The Bertz CT molecular complexity index is 1180. The standard InChI is InChI=1S/C18H17N9O2/c19-7-14-13(9-23-25-14)15-10-21-16(17-20-1-2-27(15)17)24-18-22-8-12(29-18)11-26-3-5-28-6-4-26/h1-2,8-10H,3-6,11H2,(H,23,25)(H,21,22,24). The number of hydrogen-bond donors (Lipinski definition) is 2. The SMILES string of the molecule is N#Cc1[nH]ncc1-c1cnc(Nc2ncc(CN3CCOCC3)o2)c2nccn12. The maximum Gasteiger partial charge on any atom is 0.300 e. The van der Waals surface area contributed by atoms with Gasteiger partial charge in [0.05, 0.1) is 49.6 Å². The molecule has 1 aliphatic heterocycles. The van der Waals surface area contributed by atoms with Gasteiger partial charge in [0, 0.05) is 25.5 Å². The van der Waals surface area contributed by atoms with Crippen LogP contribution in [0.4, 0.5) is 11.8 Å². The molecule has 0 radical (unpaired) electrons. The van der Waals surface area contributed by atoms with Gasteiger partial charge in [-0.05, 0) is 0 Å². The van der Waals surface area contributed by atoms with Crippen molar-refractivity contribution in [3.05, 3.63) is 42.4 Å². The highest BCUT2D eigenvalue weighted by Gasteiger charge is 2.17. The third kappa shape index (κ3) is 3.31. The average Bonchev–Trinajstić information content (AvgIpc) is 3.50. The lowest BCUT2D eigenvalue weighted by Gasteiger charge is -2.25. The second-order valence-corrected chi connectivity index (χ2v) is 6.53. The van der Waals surface area contributed by atoms with Gasteiger partial charge in [0.1, 0.15) is 17.5 Å². The summed E-state index contributed by atoms with van der Waals surface area (Å²) in [5.41, 5.74) is 2.30. The van der Waals surface area contributed by atoms with Gasteiger partial charge in [-0.15, -0.1) is 0 Å². The van der Waals surface area contributed by atoms with E-state index in [2.05, 4.69) is 41.4 Å². The maximum absolute atomic E-state index is 9.25. The molecular weight excluding hydrogens is 374 g/mol. The van der Waals surface area contributed by atoms with Gasteiger partial charge in [0.15, 0.2) is 11.5 Å². The van der Waals surface area contributed by atoms with Crippen LogP contribution in [-0.4, -0.2) is 60.8 Å². The molecule has 0 bridgehead atoms. The van der Waals surface area contributed by atoms with Crippen LogP contribution in [0, 0.1) is 11.3 Å². The summed E-state index contributed by atoms with van der Waals surface area (Å²) >= 11 is 0. The molecule has 4 aromatic rings. The Morgan fingerprint density at radius 1 is 1.17 bits per heavy atom. The van der Waals surface area contributed by atoms with E-state index < -0.39 is 0 Å². The fourth-order valence-corrected chi connectivity index (χ4v) is 3.29. The number of oxazole rings is 1. The van der Waals surface area contributed by atoms with Gasteiger partial charge < -0.3 is 9.15 Å². The van der Waals surface area contributed by atoms with Gasteiger partial charge in [-0.1, -0.05) is 0 Å². The number of fused-ring (bicyclic) bond motifs is 1. The summed E-state index contributed by atoms with van der Waals surface area (Å²) in [5, 5.41) is 19.0. The van der Waals surface area contributed by atoms with Gasteiger partial charge in [-0.25, -0.2) is 15.0 Å². The van der Waals surface area contributed by atoms with E-state index in [1.165, 1.54) is 0 Å². The molecule has 0 spiro atoms. The van der Waals surface area contributed by atoms with Crippen molar-refractivity contribution < 1.29 is 9.15 Å². The molecule has 1 aliphatic rings. The predicted molar refractivity (Wildman–Crippen MR) is 101 cm³/mol. The summed E-state index contributed by atoms with van der Waals surface area (Å²) in [6.45, 7) is 3.90. The number of nitriles is 1. The van der Waals surface area contributed by atoms with Crippen molar-refractivity contribution in [2.45, 2.75) is 6.54 Å². The summed E-state index contributed by atoms with van der Waals surface area (Å²) in [6.07, 6.45) is 8.41. The Kier molecular flexibility index (Phi) is 4.39. The zero-order valence-electron chi connectivity index (χ0n) is 15.4. The molecule has 4 aromatic heterocycles. The molecule has 1 fully saturated rings. The number of nitrogens with one attached hydrogen (secondary N) is 2. The Balaban J connectivity index is 1.40. The van der Waals surface area contributed by atoms with E-state index in [1.54, 1.807) is 31.0 Å². The van der Waals surface area contributed by atoms with Gasteiger partial charge in [-0.3, -0.25) is 19.7 Å². The molecule has 0 atom stereocenters. The van der Waals surface area contributed by atoms with Crippen molar-refractivity contribution in [2.24, 2.45) is 0 Å². The van der Waals surface area contributed by atoms with Crippen LogP contribution in [0.15, 0.2) is 35.4 Å². The monoisotopic (exact) mass is 391 g/mol. The third-order valence-corrected chi connectivity index (χ3v) is 4.72. The minimum atomic E-state index is 0.347. The van der Waals surface area contributed by atoms with Crippen LogP contribution < -0.4 is 5.32 Å². The molecule has 11 heteroatoms. The van der Waals surface area contributed by atoms with Crippen molar-refractivity contribution in [2.75, 3.05) is 31.6 Å². The molecule has 29 heavy (non-hydrogen) atoms. The fourth-order valence-electron chi connectivity index (χ4n) is 3.29. The van der Waals surface area contributed by atoms with Crippen molar-refractivity contribution in [3.8, 4) is 17.3 Å². The van der Waals surface area contributed by atoms with Gasteiger partial charge in [-0.2, -0.15) is 10.4 Å². The van der Waals surface area contributed by atoms with Crippen molar-refractivity contribution >= 4 is 17.5 Å². The Morgan fingerprint density at radius 2 is 2.07 bits per heavy atom. The highest BCUT2D eigenvalue weighted by atomic mass is 16.5. The average molecular weight is 391 g/mol. The quantitative estimate of drug-likeness (QED) is 0.520. The minimum absolute atomic E-state index is 0.347. The molecule has 0 unspecified atom stereocenters. The highest BCUT2D eigenvalue weighted by Crippen LogP contribution is 2.26. The largest absolute Gasteiger partial charge is 0.427 e. The van der Waals surface area contributed by atoms with E-state index in [1.807, 2.05) is 4.40 Å². The van der Waals surface area contributed by atoms with Crippen LogP contribution in [0.2, 0.25) is 0 Å². The zero-order chi connectivity index (χ0) is 19.6. The topological polar surface area (TPSA) is 133 Å². The Hall–Kier alpha value is -3.75. The predicted octanol–water partition coefficient (Wildman–Crippen LogP) is 1.55. The second-order valence-electron chi connectivity index (χ2n) is 6.53. The summed E-state index contributed by atoms with van der Waals surface area (Å²) in [6, 6.07) is 2.44. The van der Waals surface area contributed by atoms with Crippen LogP contribution in [0.5, 0.6) is 0 Å². The van der Waals surface area contributed by atoms with Crippen LogP contribution in [-0.2, 0) is 11.3 Å². The van der Waals surface area contributed by atoms with E-state index in [0.717, 1.165) is 32.1 Å². The Labute approximate surface area is 165 Å². The minimum Gasteiger partial charge on any atom is -0.427 e. The number of ether oxygens (including phenoxy) is 1. The first-order valence-electron chi connectivity index (χ1n) is 9.09. The molecule has 1 saturated heterocycles. The van der Waals surface area contributed by atoms with Crippen LogP contribution in [0.25, 0.3) is 16.9 Å². The van der Waals surface area contributed by atoms with Gasteiger partial charge in [0.2, 0.25) is 0 Å². The van der Waals surface area contributed by atoms with Crippen molar-refractivity contribution in [1.29, 1.82) is 5.26 Å². The number of aromatic nitrogens is 6. The first-order valence-corrected chi connectivity index (χ1v) is 9.09. The van der Waals surface area contributed by atoms with Crippen LogP contribution in [0.3, 0.4) is 0 Å². The molecule has 11 nitrogen and oxygen atoms in total.